The molecule has 1 aliphatic heterocycles. The lowest BCUT2D eigenvalue weighted by Crippen LogP contribution is -2.43. The lowest BCUT2D eigenvalue weighted by molar-refractivity contribution is 0.0765. The van der Waals surface area contributed by atoms with Crippen LogP contribution in [0.5, 0.6) is 5.75 Å². The molecular formula is C21H22N2O5S. The summed E-state index contributed by atoms with van der Waals surface area (Å²) in [6.45, 7) is 4.28. The van der Waals surface area contributed by atoms with Gasteiger partial charge in [-0.2, -0.15) is 0 Å². The Morgan fingerprint density at radius 2 is 1.79 bits per heavy atom. The molecule has 0 atom stereocenters. The molecule has 0 spiro atoms. The minimum Gasteiger partial charge on any atom is -0.488 e. The summed E-state index contributed by atoms with van der Waals surface area (Å²) in [6.07, 6.45) is 0. The van der Waals surface area contributed by atoms with Gasteiger partial charge in [0.25, 0.3) is 5.91 Å². The van der Waals surface area contributed by atoms with E-state index < -0.39 is 9.84 Å². The number of amides is 1. The van der Waals surface area contributed by atoms with Crippen LogP contribution in [0.15, 0.2) is 40.9 Å². The lowest BCUT2D eigenvalue weighted by Gasteiger charge is -2.27. The first-order chi connectivity index (χ1) is 13.8. The SMILES string of the molecule is Cc1noc(C)c1COc1cc2ccccc2cc1C(=O)N1CCS(=O)(=O)CC1. The maximum Gasteiger partial charge on any atom is 0.257 e. The first-order valence-electron chi connectivity index (χ1n) is 9.41. The van der Waals surface area contributed by atoms with Crippen molar-refractivity contribution < 1.29 is 22.5 Å². The second-order valence-corrected chi connectivity index (χ2v) is 9.53. The third kappa shape index (κ3) is 3.98. The molecule has 4 rings (SSSR count). The van der Waals surface area contributed by atoms with E-state index in [0.717, 1.165) is 22.0 Å². The first kappa shape index (κ1) is 19.4. The summed E-state index contributed by atoms with van der Waals surface area (Å²) in [4.78, 5) is 14.8. The molecule has 0 saturated carbocycles. The second kappa shape index (κ2) is 7.51. The predicted octanol–water partition coefficient (Wildman–Crippen LogP) is 2.89. The number of aryl methyl sites for hydroxylation is 2. The normalized spacial score (nSPS) is 16.1. The van der Waals surface area contributed by atoms with Crippen LogP contribution >= 0.6 is 0 Å². The van der Waals surface area contributed by atoms with Crippen molar-refractivity contribution in [3.05, 3.63) is 59.0 Å². The standard InChI is InChI=1S/C21H22N2O5S/c1-14-19(15(2)28-22-14)13-27-20-12-17-6-4-3-5-16(17)11-18(20)21(24)23-7-9-29(25,26)10-8-23/h3-6,11-12H,7-10,13H2,1-2H3. The largest absolute Gasteiger partial charge is 0.488 e. The molecule has 7 nitrogen and oxygen atoms in total. The van der Waals surface area contributed by atoms with Crippen LogP contribution in [0.4, 0.5) is 0 Å². The maximum absolute atomic E-state index is 13.2. The average molecular weight is 414 g/mol. The Labute approximate surface area is 169 Å². The lowest BCUT2D eigenvalue weighted by atomic mass is 10.0. The summed E-state index contributed by atoms with van der Waals surface area (Å²) >= 11 is 0. The van der Waals surface area contributed by atoms with Gasteiger partial charge in [-0.25, -0.2) is 8.42 Å². The van der Waals surface area contributed by atoms with Crippen molar-refractivity contribution in [1.29, 1.82) is 0 Å². The van der Waals surface area contributed by atoms with Crippen LogP contribution in [0.3, 0.4) is 0 Å². The molecular weight excluding hydrogens is 392 g/mol. The molecule has 1 fully saturated rings. The Balaban J connectivity index is 1.67. The molecule has 0 N–H and O–H groups in total. The quantitative estimate of drug-likeness (QED) is 0.652. The number of carbonyl (C=O) groups excluding carboxylic acids is 1. The Morgan fingerprint density at radius 1 is 1.14 bits per heavy atom. The van der Waals surface area contributed by atoms with Gasteiger partial charge in [0, 0.05) is 13.1 Å². The van der Waals surface area contributed by atoms with E-state index in [-0.39, 0.29) is 37.1 Å². The number of sulfone groups is 1. The van der Waals surface area contributed by atoms with Gasteiger partial charge < -0.3 is 14.2 Å². The van der Waals surface area contributed by atoms with Crippen molar-refractivity contribution >= 4 is 26.5 Å². The van der Waals surface area contributed by atoms with E-state index in [0.29, 0.717) is 17.1 Å². The highest BCUT2D eigenvalue weighted by molar-refractivity contribution is 7.91. The van der Waals surface area contributed by atoms with Gasteiger partial charge in [-0.05, 0) is 36.8 Å². The number of fused-ring (bicyclic) bond motifs is 1. The van der Waals surface area contributed by atoms with E-state index in [1.54, 1.807) is 4.90 Å². The second-order valence-electron chi connectivity index (χ2n) is 7.23. The number of carbonyl (C=O) groups is 1. The molecule has 2 aromatic carbocycles. The van der Waals surface area contributed by atoms with Gasteiger partial charge in [0.1, 0.15) is 18.1 Å². The van der Waals surface area contributed by atoms with Crippen molar-refractivity contribution in [3.8, 4) is 5.75 Å². The number of hydrogen-bond acceptors (Lipinski definition) is 6. The van der Waals surface area contributed by atoms with Gasteiger partial charge in [0.2, 0.25) is 0 Å². The van der Waals surface area contributed by atoms with Crippen LogP contribution < -0.4 is 4.74 Å². The molecule has 1 aromatic heterocycles. The molecule has 8 heteroatoms. The van der Waals surface area contributed by atoms with Crippen LogP contribution in [0.2, 0.25) is 0 Å². The van der Waals surface area contributed by atoms with Crippen molar-refractivity contribution in [2.24, 2.45) is 0 Å². The topological polar surface area (TPSA) is 89.7 Å². The Kier molecular flexibility index (Phi) is 5.04. The molecule has 1 saturated heterocycles. The van der Waals surface area contributed by atoms with Crippen molar-refractivity contribution in [2.45, 2.75) is 20.5 Å². The molecule has 2 heterocycles. The summed E-state index contributed by atoms with van der Waals surface area (Å²) < 4.78 is 34.7. The molecule has 3 aromatic rings. The fraction of sp³-hybridized carbons (Fsp3) is 0.333. The van der Waals surface area contributed by atoms with Crippen molar-refractivity contribution in [1.82, 2.24) is 10.1 Å². The molecule has 152 valence electrons. The Morgan fingerprint density at radius 3 is 2.41 bits per heavy atom. The molecule has 0 unspecified atom stereocenters. The summed E-state index contributed by atoms with van der Waals surface area (Å²) in [5.74, 6) is 0.891. The smallest absolute Gasteiger partial charge is 0.257 e. The number of nitrogens with zero attached hydrogens (tertiary/aromatic N) is 2. The minimum atomic E-state index is -3.07. The predicted molar refractivity (Wildman–Crippen MR) is 109 cm³/mol. The maximum atomic E-state index is 13.2. The molecule has 1 aliphatic rings. The van der Waals surface area contributed by atoms with E-state index in [1.165, 1.54) is 0 Å². The first-order valence-corrected chi connectivity index (χ1v) is 11.2. The Hall–Kier alpha value is -2.87. The highest BCUT2D eigenvalue weighted by Crippen LogP contribution is 2.29. The van der Waals surface area contributed by atoms with E-state index in [9.17, 15) is 13.2 Å². The summed E-state index contributed by atoms with van der Waals surface area (Å²) in [6, 6.07) is 11.4. The number of aromatic nitrogens is 1. The van der Waals surface area contributed by atoms with E-state index in [4.69, 9.17) is 9.26 Å². The van der Waals surface area contributed by atoms with Crippen LogP contribution in [0.1, 0.15) is 27.4 Å². The van der Waals surface area contributed by atoms with Gasteiger partial charge in [0.15, 0.2) is 9.84 Å². The van der Waals surface area contributed by atoms with Crippen LogP contribution in [0, 0.1) is 13.8 Å². The molecule has 1 amide bonds. The fourth-order valence-electron chi connectivity index (χ4n) is 3.45. The van der Waals surface area contributed by atoms with Crippen LogP contribution in [0.25, 0.3) is 10.8 Å². The van der Waals surface area contributed by atoms with Crippen molar-refractivity contribution in [2.75, 3.05) is 24.6 Å². The monoisotopic (exact) mass is 414 g/mol. The van der Waals surface area contributed by atoms with Crippen LogP contribution in [-0.2, 0) is 16.4 Å². The van der Waals surface area contributed by atoms with Gasteiger partial charge in [0.05, 0.1) is 28.3 Å². The third-order valence-corrected chi connectivity index (χ3v) is 6.87. The zero-order chi connectivity index (χ0) is 20.6. The number of rotatable bonds is 4. The number of hydrogen-bond donors (Lipinski definition) is 0. The van der Waals surface area contributed by atoms with E-state index in [2.05, 4.69) is 5.16 Å². The highest BCUT2D eigenvalue weighted by atomic mass is 32.2. The molecule has 0 aliphatic carbocycles. The van der Waals surface area contributed by atoms with E-state index in [1.807, 2.05) is 50.2 Å². The summed E-state index contributed by atoms with van der Waals surface area (Å²) in [7, 11) is -3.07. The van der Waals surface area contributed by atoms with Gasteiger partial charge in [-0.1, -0.05) is 29.4 Å². The minimum absolute atomic E-state index is 0.0123. The number of ether oxygens (including phenoxy) is 1. The summed E-state index contributed by atoms with van der Waals surface area (Å²) in [5.41, 5.74) is 2.02. The zero-order valence-electron chi connectivity index (χ0n) is 16.3. The highest BCUT2D eigenvalue weighted by Gasteiger charge is 2.28. The van der Waals surface area contributed by atoms with Crippen LogP contribution in [-0.4, -0.2) is 49.0 Å². The summed E-state index contributed by atoms with van der Waals surface area (Å²) in [5, 5.41) is 5.81. The molecule has 29 heavy (non-hydrogen) atoms. The van der Waals surface area contributed by atoms with Gasteiger partial charge >= 0.3 is 0 Å². The average Bonchev–Trinajstić information content (AvgIpc) is 3.02. The number of benzene rings is 2. The third-order valence-electron chi connectivity index (χ3n) is 5.26. The van der Waals surface area contributed by atoms with Crippen molar-refractivity contribution in [3.63, 3.8) is 0 Å². The van der Waals surface area contributed by atoms with Gasteiger partial charge in [-0.15, -0.1) is 0 Å². The van der Waals surface area contributed by atoms with E-state index >= 15 is 0 Å². The van der Waals surface area contributed by atoms with Gasteiger partial charge in [-0.3, -0.25) is 4.79 Å². The zero-order valence-corrected chi connectivity index (χ0v) is 17.2. The molecule has 0 bridgehead atoms. The molecule has 0 radical (unpaired) electrons. The Bertz CT molecular complexity index is 1150. The fourth-order valence-corrected chi connectivity index (χ4v) is 4.65.